The first-order valence-corrected chi connectivity index (χ1v) is 9.91. The Balaban J connectivity index is 1.43. The molecule has 5 rings (SSSR count). The summed E-state index contributed by atoms with van der Waals surface area (Å²) in [7, 11) is 0. The van der Waals surface area contributed by atoms with E-state index in [1.165, 1.54) is 24.3 Å². The Morgan fingerprint density at radius 1 is 0.812 bits per heavy atom. The lowest BCUT2D eigenvalue weighted by Crippen LogP contribution is -2.03. The summed E-state index contributed by atoms with van der Waals surface area (Å²) in [6.45, 7) is 0. The number of ether oxygens (including phenoxy) is 1. The van der Waals surface area contributed by atoms with Crippen LogP contribution in [0, 0.1) is 0 Å². The Morgan fingerprint density at radius 2 is 1.56 bits per heavy atom. The van der Waals surface area contributed by atoms with E-state index in [-0.39, 0.29) is 11.3 Å². The molecule has 3 aromatic carbocycles. The molecule has 2 N–H and O–H groups in total. The summed E-state index contributed by atoms with van der Waals surface area (Å²) in [5.41, 5.74) is 2.16. The van der Waals surface area contributed by atoms with E-state index in [1.807, 2.05) is 54.6 Å². The third kappa shape index (κ3) is 3.65. The van der Waals surface area contributed by atoms with Gasteiger partial charge in [0.05, 0.1) is 17.0 Å². The van der Waals surface area contributed by atoms with Gasteiger partial charge in [-0.3, -0.25) is 4.79 Å². The van der Waals surface area contributed by atoms with Crippen molar-refractivity contribution in [1.29, 1.82) is 0 Å². The smallest absolute Gasteiger partial charge is 0.335 e. The maximum atomic E-state index is 12.8. The van der Waals surface area contributed by atoms with Gasteiger partial charge in [0.25, 0.3) is 0 Å². The Hall–Kier alpha value is -4.58. The number of aromatic amines is 1. The Bertz CT molecular complexity index is 1430. The van der Waals surface area contributed by atoms with Crippen LogP contribution in [-0.2, 0) is 0 Å². The SMILES string of the molecule is O=C(O)c1ccc(C(=O)c2ccc(-c3cc4cccc(Oc5ccccc5)c4o3)[nH]2)cc1. The molecule has 2 aromatic heterocycles. The summed E-state index contributed by atoms with van der Waals surface area (Å²) in [5, 5.41) is 9.89. The minimum absolute atomic E-state index is 0.129. The van der Waals surface area contributed by atoms with Crippen molar-refractivity contribution < 1.29 is 23.8 Å². The van der Waals surface area contributed by atoms with Gasteiger partial charge in [0.15, 0.2) is 17.1 Å². The summed E-state index contributed by atoms with van der Waals surface area (Å²) in [6.07, 6.45) is 0. The van der Waals surface area contributed by atoms with Gasteiger partial charge in [-0.1, -0.05) is 42.5 Å². The molecule has 0 amide bonds. The first-order valence-electron chi connectivity index (χ1n) is 9.91. The van der Waals surface area contributed by atoms with Crippen molar-refractivity contribution in [2.75, 3.05) is 0 Å². The molecule has 0 saturated carbocycles. The van der Waals surface area contributed by atoms with Crippen molar-refractivity contribution >= 4 is 22.7 Å². The molecule has 0 aliphatic carbocycles. The predicted octanol–water partition coefficient (Wildman–Crippen LogP) is 6.15. The highest BCUT2D eigenvalue weighted by Crippen LogP contribution is 2.35. The van der Waals surface area contributed by atoms with Gasteiger partial charge in [-0.05, 0) is 48.5 Å². The fraction of sp³-hybridized carbons (Fsp3) is 0. The second-order valence-electron chi connectivity index (χ2n) is 7.20. The number of ketones is 1. The molecular weight excluding hydrogens is 406 g/mol. The first kappa shape index (κ1) is 19.4. The Kier molecular flexibility index (Phi) is 4.80. The number of aromatic carboxylic acids is 1. The molecule has 32 heavy (non-hydrogen) atoms. The van der Waals surface area contributed by atoms with E-state index in [0.717, 1.165) is 5.39 Å². The van der Waals surface area contributed by atoms with Crippen LogP contribution in [-0.4, -0.2) is 21.8 Å². The van der Waals surface area contributed by atoms with Crippen LogP contribution >= 0.6 is 0 Å². The number of hydrogen-bond donors (Lipinski definition) is 2. The quantitative estimate of drug-likeness (QED) is 0.320. The van der Waals surface area contributed by atoms with Crippen molar-refractivity contribution in [3.05, 3.63) is 108 Å². The van der Waals surface area contributed by atoms with E-state index in [9.17, 15) is 9.59 Å². The number of fused-ring (bicyclic) bond motifs is 1. The molecule has 5 aromatic rings. The average molecular weight is 423 g/mol. The van der Waals surface area contributed by atoms with Gasteiger partial charge < -0.3 is 19.2 Å². The molecule has 6 nitrogen and oxygen atoms in total. The van der Waals surface area contributed by atoms with Crippen LogP contribution in [0.2, 0.25) is 0 Å². The second kappa shape index (κ2) is 7.92. The zero-order chi connectivity index (χ0) is 22.1. The summed E-state index contributed by atoms with van der Waals surface area (Å²) in [6, 6.07) is 26.3. The van der Waals surface area contributed by atoms with Crippen molar-refractivity contribution in [1.82, 2.24) is 4.98 Å². The molecule has 0 unspecified atom stereocenters. The highest BCUT2D eigenvalue weighted by atomic mass is 16.5. The lowest BCUT2D eigenvalue weighted by Gasteiger charge is -2.05. The van der Waals surface area contributed by atoms with Gasteiger partial charge in [0.2, 0.25) is 5.78 Å². The molecule has 0 bridgehead atoms. The number of hydrogen-bond acceptors (Lipinski definition) is 4. The average Bonchev–Trinajstić information content (AvgIpc) is 3.47. The number of carboxylic acid groups (broad SMARTS) is 1. The molecular formula is C26H17NO5. The maximum Gasteiger partial charge on any atom is 0.335 e. The van der Waals surface area contributed by atoms with Crippen LogP contribution < -0.4 is 4.74 Å². The largest absolute Gasteiger partial charge is 0.478 e. The fourth-order valence-corrected chi connectivity index (χ4v) is 3.46. The van der Waals surface area contributed by atoms with Gasteiger partial charge in [0, 0.05) is 10.9 Å². The molecule has 156 valence electrons. The number of aromatic nitrogens is 1. The number of nitrogens with one attached hydrogen (secondary N) is 1. The summed E-state index contributed by atoms with van der Waals surface area (Å²) in [4.78, 5) is 26.9. The standard InChI is InChI=1S/C26H17NO5/c28-24(16-9-11-17(12-10-16)26(29)30)21-14-13-20(27-21)23-15-18-5-4-8-22(25(18)32-23)31-19-6-2-1-3-7-19/h1-15,27H,(H,29,30). The normalized spacial score (nSPS) is 10.9. The topological polar surface area (TPSA) is 92.5 Å². The minimum Gasteiger partial charge on any atom is -0.478 e. The van der Waals surface area contributed by atoms with Crippen LogP contribution in [0.5, 0.6) is 11.5 Å². The Labute approximate surface area is 182 Å². The molecule has 2 heterocycles. The van der Waals surface area contributed by atoms with Crippen LogP contribution in [0.3, 0.4) is 0 Å². The number of carbonyl (C=O) groups is 2. The molecule has 0 saturated heterocycles. The predicted molar refractivity (Wildman–Crippen MR) is 119 cm³/mol. The van der Waals surface area contributed by atoms with Crippen molar-refractivity contribution in [2.45, 2.75) is 0 Å². The highest BCUT2D eigenvalue weighted by molar-refractivity contribution is 6.08. The number of rotatable bonds is 6. The van der Waals surface area contributed by atoms with Gasteiger partial charge in [-0.25, -0.2) is 4.79 Å². The van der Waals surface area contributed by atoms with Crippen LogP contribution in [0.1, 0.15) is 26.4 Å². The van der Waals surface area contributed by atoms with Gasteiger partial charge in [-0.15, -0.1) is 0 Å². The number of benzene rings is 3. The number of H-pyrrole nitrogens is 1. The summed E-state index contributed by atoms with van der Waals surface area (Å²) >= 11 is 0. The molecule has 0 spiro atoms. The number of furan rings is 1. The monoisotopic (exact) mass is 423 g/mol. The number of carbonyl (C=O) groups excluding carboxylic acids is 1. The molecule has 0 atom stereocenters. The molecule has 0 fully saturated rings. The van der Waals surface area contributed by atoms with Gasteiger partial charge in [-0.2, -0.15) is 0 Å². The van der Waals surface area contributed by atoms with Crippen LogP contribution in [0.4, 0.5) is 0 Å². The fourth-order valence-electron chi connectivity index (χ4n) is 3.46. The minimum atomic E-state index is -1.04. The van der Waals surface area contributed by atoms with E-state index in [2.05, 4.69) is 4.98 Å². The molecule has 0 aliphatic rings. The van der Waals surface area contributed by atoms with Crippen molar-refractivity contribution in [2.24, 2.45) is 0 Å². The van der Waals surface area contributed by atoms with Gasteiger partial charge >= 0.3 is 5.97 Å². The van der Waals surface area contributed by atoms with Crippen molar-refractivity contribution in [3.8, 4) is 23.0 Å². The molecule has 0 radical (unpaired) electrons. The van der Waals surface area contributed by atoms with E-state index < -0.39 is 5.97 Å². The third-order valence-electron chi connectivity index (χ3n) is 5.07. The number of para-hydroxylation sites is 2. The summed E-state index contributed by atoms with van der Waals surface area (Å²) < 4.78 is 12.0. The molecule has 6 heteroatoms. The highest BCUT2D eigenvalue weighted by Gasteiger charge is 2.16. The number of carboxylic acids is 1. The second-order valence-corrected chi connectivity index (χ2v) is 7.20. The maximum absolute atomic E-state index is 12.8. The first-order chi connectivity index (χ1) is 15.6. The van der Waals surface area contributed by atoms with Crippen molar-refractivity contribution in [3.63, 3.8) is 0 Å². The van der Waals surface area contributed by atoms with E-state index >= 15 is 0 Å². The van der Waals surface area contributed by atoms with Gasteiger partial charge in [0.1, 0.15) is 5.75 Å². The van der Waals surface area contributed by atoms with Crippen LogP contribution in [0.25, 0.3) is 22.4 Å². The lowest BCUT2D eigenvalue weighted by molar-refractivity contribution is 0.0696. The Morgan fingerprint density at radius 3 is 2.31 bits per heavy atom. The van der Waals surface area contributed by atoms with Crippen LogP contribution in [0.15, 0.2) is 95.4 Å². The zero-order valence-corrected chi connectivity index (χ0v) is 16.7. The lowest BCUT2D eigenvalue weighted by atomic mass is 10.1. The third-order valence-corrected chi connectivity index (χ3v) is 5.07. The van der Waals surface area contributed by atoms with E-state index in [0.29, 0.717) is 39.8 Å². The van der Waals surface area contributed by atoms with E-state index in [4.69, 9.17) is 14.3 Å². The molecule has 0 aliphatic heterocycles. The van der Waals surface area contributed by atoms with E-state index in [1.54, 1.807) is 12.1 Å². The zero-order valence-electron chi connectivity index (χ0n) is 16.7. The summed E-state index contributed by atoms with van der Waals surface area (Å²) in [5.74, 6) is 0.606.